The Bertz CT molecular complexity index is 445. The molecule has 1 aromatic rings. The van der Waals surface area contributed by atoms with Gasteiger partial charge in [-0.3, -0.25) is 0 Å². The van der Waals surface area contributed by atoms with E-state index in [1.807, 2.05) is 0 Å². The van der Waals surface area contributed by atoms with Crippen molar-refractivity contribution in [2.24, 2.45) is 0 Å². The van der Waals surface area contributed by atoms with Gasteiger partial charge in [0.25, 0.3) is 0 Å². The first-order chi connectivity index (χ1) is 6.92. The van der Waals surface area contributed by atoms with Crippen molar-refractivity contribution >= 4 is 19.7 Å². The molecule has 0 heterocycles. The molecule has 0 N–H and O–H groups in total. The van der Waals surface area contributed by atoms with Crippen LogP contribution < -0.4 is 4.74 Å². The Hall–Kier alpha value is -0.810. The maximum atomic E-state index is 12.8. The average molecular weight is 253 g/mol. The molecule has 0 amide bonds. The van der Waals surface area contributed by atoms with Crippen LogP contribution in [0, 0.1) is 5.82 Å². The molecule has 0 atom stereocenters. The van der Waals surface area contributed by atoms with Crippen molar-refractivity contribution < 1.29 is 17.5 Å². The SMILES string of the molecule is COc1cc(F)ccc1CCS(=O)(=O)Cl. The lowest BCUT2D eigenvalue weighted by Gasteiger charge is -2.07. The van der Waals surface area contributed by atoms with Crippen LogP contribution in [0.3, 0.4) is 0 Å². The zero-order chi connectivity index (χ0) is 11.5. The highest BCUT2D eigenvalue weighted by Gasteiger charge is 2.09. The van der Waals surface area contributed by atoms with Crippen molar-refractivity contribution in [2.75, 3.05) is 12.9 Å². The van der Waals surface area contributed by atoms with Crippen LogP contribution in [0.15, 0.2) is 18.2 Å². The highest BCUT2D eigenvalue weighted by atomic mass is 35.7. The van der Waals surface area contributed by atoms with Crippen molar-refractivity contribution in [1.29, 1.82) is 0 Å². The van der Waals surface area contributed by atoms with Crippen molar-refractivity contribution in [3.05, 3.63) is 29.6 Å². The number of hydrogen-bond donors (Lipinski definition) is 0. The highest BCUT2D eigenvalue weighted by Crippen LogP contribution is 2.20. The number of methoxy groups -OCH3 is 1. The fourth-order valence-electron chi connectivity index (χ4n) is 1.16. The number of ether oxygens (including phenoxy) is 1. The molecule has 0 spiro atoms. The van der Waals surface area contributed by atoms with Crippen LogP contribution in [-0.4, -0.2) is 21.3 Å². The second-order valence-corrected chi connectivity index (χ2v) is 5.85. The normalized spacial score (nSPS) is 11.4. The van der Waals surface area contributed by atoms with Gasteiger partial charge < -0.3 is 4.74 Å². The second-order valence-electron chi connectivity index (χ2n) is 2.95. The van der Waals surface area contributed by atoms with Gasteiger partial charge in [-0.05, 0) is 18.1 Å². The van der Waals surface area contributed by atoms with E-state index < -0.39 is 14.9 Å². The van der Waals surface area contributed by atoms with Gasteiger partial charge in [0.05, 0.1) is 12.9 Å². The van der Waals surface area contributed by atoms with E-state index in [-0.39, 0.29) is 12.2 Å². The lowest BCUT2D eigenvalue weighted by atomic mass is 10.1. The fraction of sp³-hybridized carbons (Fsp3) is 0.333. The molecule has 0 aliphatic rings. The largest absolute Gasteiger partial charge is 0.496 e. The summed E-state index contributed by atoms with van der Waals surface area (Å²) in [5, 5.41) is 0. The zero-order valence-electron chi connectivity index (χ0n) is 8.04. The van der Waals surface area contributed by atoms with Crippen LogP contribution >= 0.6 is 10.7 Å². The molecule has 1 rings (SSSR count). The van der Waals surface area contributed by atoms with Gasteiger partial charge in [-0.15, -0.1) is 0 Å². The van der Waals surface area contributed by atoms with Gasteiger partial charge in [-0.2, -0.15) is 0 Å². The van der Waals surface area contributed by atoms with E-state index in [0.29, 0.717) is 11.3 Å². The monoisotopic (exact) mass is 252 g/mol. The minimum Gasteiger partial charge on any atom is -0.496 e. The third-order valence-electron chi connectivity index (χ3n) is 1.86. The van der Waals surface area contributed by atoms with E-state index in [0.717, 1.165) is 0 Å². The number of hydrogen-bond acceptors (Lipinski definition) is 3. The summed E-state index contributed by atoms with van der Waals surface area (Å²) < 4.78 is 39.1. The first-order valence-corrected chi connectivity index (χ1v) is 6.65. The molecule has 0 saturated heterocycles. The van der Waals surface area contributed by atoms with Crippen LogP contribution in [-0.2, 0) is 15.5 Å². The summed E-state index contributed by atoms with van der Waals surface area (Å²) in [5.41, 5.74) is 0.614. The molecule has 0 bridgehead atoms. The van der Waals surface area contributed by atoms with Crippen LogP contribution in [0.4, 0.5) is 4.39 Å². The summed E-state index contributed by atoms with van der Waals surface area (Å²) in [7, 11) is 2.93. The molecule has 84 valence electrons. The molecular formula is C9H10ClFO3S. The van der Waals surface area contributed by atoms with E-state index in [1.165, 1.54) is 25.3 Å². The van der Waals surface area contributed by atoms with Gasteiger partial charge in [-0.1, -0.05) is 6.07 Å². The van der Waals surface area contributed by atoms with E-state index in [2.05, 4.69) is 0 Å². The molecule has 3 nitrogen and oxygen atoms in total. The van der Waals surface area contributed by atoms with Crippen molar-refractivity contribution in [3.63, 3.8) is 0 Å². The minimum absolute atomic E-state index is 0.198. The number of aryl methyl sites for hydroxylation is 1. The van der Waals surface area contributed by atoms with Crippen molar-refractivity contribution in [2.45, 2.75) is 6.42 Å². The molecule has 0 aromatic heterocycles. The van der Waals surface area contributed by atoms with E-state index >= 15 is 0 Å². The predicted molar refractivity (Wildman–Crippen MR) is 56.3 cm³/mol. The average Bonchev–Trinajstić information content (AvgIpc) is 2.14. The van der Waals surface area contributed by atoms with E-state index in [1.54, 1.807) is 0 Å². The number of benzene rings is 1. The highest BCUT2D eigenvalue weighted by molar-refractivity contribution is 8.13. The second kappa shape index (κ2) is 4.81. The lowest BCUT2D eigenvalue weighted by molar-refractivity contribution is 0.406. The van der Waals surface area contributed by atoms with Gasteiger partial charge >= 0.3 is 0 Å². The Labute approximate surface area is 92.2 Å². The quantitative estimate of drug-likeness (QED) is 0.770. The molecule has 0 aliphatic carbocycles. The zero-order valence-corrected chi connectivity index (χ0v) is 9.61. The Kier molecular flexibility index (Phi) is 3.93. The van der Waals surface area contributed by atoms with Gasteiger partial charge in [0.2, 0.25) is 9.05 Å². The summed E-state index contributed by atoms with van der Waals surface area (Å²) in [5.74, 6) is -0.295. The fourth-order valence-corrected chi connectivity index (χ4v) is 1.85. The first-order valence-electron chi connectivity index (χ1n) is 4.17. The lowest BCUT2D eigenvalue weighted by Crippen LogP contribution is -2.03. The van der Waals surface area contributed by atoms with Gasteiger partial charge in [0.1, 0.15) is 11.6 Å². The molecule has 0 unspecified atom stereocenters. The molecule has 6 heteroatoms. The van der Waals surface area contributed by atoms with Gasteiger partial charge in [0.15, 0.2) is 0 Å². The number of rotatable bonds is 4. The van der Waals surface area contributed by atoms with E-state index in [9.17, 15) is 12.8 Å². The topological polar surface area (TPSA) is 43.4 Å². The predicted octanol–water partition coefficient (Wildman–Crippen LogP) is 1.95. The van der Waals surface area contributed by atoms with Crippen molar-refractivity contribution in [1.82, 2.24) is 0 Å². The Balaban J connectivity index is 2.85. The third-order valence-corrected chi connectivity index (χ3v) is 3.02. The molecule has 0 aliphatic heterocycles. The standard InChI is InChI=1S/C9H10ClFO3S/c1-14-9-6-8(11)3-2-7(9)4-5-15(10,12)13/h2-3,6H,4-5H2,1H3. The molecule has 15 heavy (non-hydrogen) atoms. The summed E-state index contributed by atoms with van der Waals surface area (Å²) in [6.45, 7) is 0. The molecule has 1 aromatic carbocycles. The van der Waals surface area contributed by atoms with Crippen LogP contribution in [0.25, 0.3) is 0 Å². The van der Waals surface area contributed by atoms with Crippen LogP contribution in [0.2, 0.25) is 0 Å². The van der Waals surface area contributed by atoms with Crippen molar-refractivity contribution in [3.8, 4) is 5.75 Å². The van der Waals surface area contributed by atoms with Gasteiger partial charge in [-0.25, -0.2) is 12.8 Å². The third kappa shape index (κ3) is 4.05. The van der Waals surface area contributed by atoms with Crippen LogP contribution in [0.1, 0.15) is 5.56 Å². The Morgan fingerprint density at radius 1 is 1.47 bits per heavy atom. The summed E-state index contributed by atoms with van der Waals surface area (Å²) in [4.78, 5) is 0. The summed E-state index contributed by atoms with van der Waals surface area (Å²) in [6, 6.07) is 3.94. The van der Waals surface area contributed by atoms with E-state index in [4.69, 9.17) is 15.4 Å². The molecule has 0 fully saturated rings. The molecule has 0 saturated carbocycles. The maximum Gasteiger partial charge on any atom is 0.232 e. The summed E-state index contributed by atoms with van der Waals surface area (Å²) in [6.07, 6.45) is 0.204. The Morgan fingerprint density at radius 3 is 2.67 bits per heavy atom. The smallest absolute Gasteiger partial charge is 0.232 e. The van der Waals surface area contributed by atoms with Gasteiger partial charge in [0, 0.05) is 16.7 Å². The molecular weight excluding hydrogens is 243 g/mol. The first kappa shape index (κ1) is 12.3. The molecule has 0 radical (unpaired) electrons. The van der Waals surface area contributed by atoms with Crippen LogP contribution in [0.5, 0.6) is 5.75 Å². The Morgan fingerprint density at radius 2 is 2.13 bits per heavy atom. The maximum absolute atomic E-state index is 12.8. The number of halogens is 2. The minimum atomic E-state index is -3.53. The summed E-state index contributed by atoms with van der Waals surface area (Å²) >= 11 is 0.